The molecule has 0 aromatic carbocycles. The Bertz CT molecular complexity index is 328. The van der Waals surface area contributed by atoms with Gasteiger partial charge in [-0.2, -0.15) is 0 Å². The molecule has 2 fully saturated rings. The molecule has 94 valence electrons. The van der Waals surface area contributed by atoms with E-state index in [9.17, 15) is 8.42 Å². The van der Waals surface area contributed by atoms with E-state index in [0.29, 0.717) is 0 Å². The average Bonchev–Trinajstić information content (AvgIpc) is 2.70. The highest BCUT2D eigenvalue weighted by atomic mass is 32.2. The molecular formula is C11H22N2O2S. The Morgan fingerprint density at radius 1 is 1.19 bits per heavy atom. The summed E-state index contributed by atoms with van der Waals surface area (Å²) in [4.78, 5) is 2.33. The van der Waals surface area contributed by atoms with Crippen LogP contribution in [0.2, 0.25) is 0 Å². The highest BCUT2D eigenvalue weighted by Gasteiger charge is 2.43. The van der Waals surface area contributed by atoms with Crippen LogP contribution >= 0.6 is 0 Å². The van der Waals surface area contributed by atoms with Gasteiger partial charge in [0.05, 0.1) is 4.75 Å². The summed E-state index contributed by atoms with van der Waals surface area (Å²) >= 11 is 0. The quantitative estimate of drug-likeness (QED) is 0.775. The van der Waals surface area contributed by atoms with Gasteiger partial charge in [0.2, 0.25) is 0 Å². The summed E-state index contributed by atoms with van der Waals surface area (Å²) in [6.45, 7) is 4.56. The van der Waals surface area contributed by atoms with Crippen molar-refractivity contribution in [1.82, 2.24) is 10.2 Å². The summed E-state index contributed by atoms with van der Waals surface area (Å²) in [7, 11) is -2.96. The number of nitrogens with zero attached hydrogens (tertiary/aromatic N) is 1. The van der Waals surface area contributed by atoms with Crippen molar-refractivity contribution in [3.8, 4) is 0 Å². The van der Waals surface area contributed by atoms with Crippen LogP contribution in [0.4, 0.5) is 0 Å². The second-order valence-electron chi connectivity index (χ2n) is 5.19. The van der Waals surface area contributed by atoms with Crippen molar-refractivity contribution >= 4 is 9.84 Å². The van der Waals surface area contributed by atoms with E-state index < -0.39 is 14.6 Å². The molecule has 0 bridgehead atoms. The summed E-state index contributed by atoms with van der Waals surface area (Å²) in [5.41, 5.74) is 0. The zero-order valence-corrected chi connectivity index (χ0v) is 10.9. The summed E-state index contributed by atoms with van der Waals surface area (Å²) in [6, 6.07) is 0. The lowest BCUT2D eigenvalue weighted by Gasteiger charge is -2.38. The third kappa shape index (κ3) is 2.41. The monoisotopic (exact) mass is 246 g/mol. The smallest absolute Gasteiger partial charge is 0.154 e. The van der Waals surface area contributed by atoms with E-state index in [2.05, 4.69) is 10.2 Å². The predicted molar refractivity (Wildman–Crippen MR) is 65.4 cm³/mol. The molecule has 2 heterocycles. The van der Waals surface area contributed by atoms with Crippen molar-refractivity contribution < 1.29 is 8.42 Å². The molecule has 0 amide bonds. The van der Waals surface area contributed by atoms with Crippen LogP contribution < -0.4 is 5.32 Å². The summed E-state index contributed by atoms with van der Waals surface area (Å²) < 4.78 is 23.6. The van der Waals surface area contributed by atoms with Gasteiger partial charge in [-0.1, -0.05) is 0 Å². The third-order valence-corrected chi connectivity index (χ3v) is 6.12. The average molecular weight is 246 g/mol. The Morgan fingerprint density at radius 3 is 2.25 bits per heavy atom. The number of nitrogens with one attached hydrogen (secondary N) is 1. The van der Waals surface area contributed by atoms with Crippen LogP contribution in [-0.2, 0) is 9.84 Å². The van der Waals surface area contributed by atoms with Gasteiger partial charge in [-0.25, -0.2) is 8.42 Å². The summed E-state index contributed by atoms with van der Waals surface area (Å²) in [6.07, 6.45) is 5.38. The highest BCUT2D eigenvalue weighted by molar-refractivity contribution is 7.92. The molecule has 0 unspecified atom stereocenters. The second kappa shape index (κ2) is 4.63. The molecule has 2 rings (SSSR count). The molecule has 2 aliphatic rings. The van der Waals surface area contributed by atoms with E-state index in [-0.39, 0.29) is 0 Å². The molecule has 2 aliphatic heterocycles. The maximum Gasteiger partial charge on any atom is 0.154 e. The standard InChI is InChI=1S/C11H22N2O2S/c1-16(14,15)11(4-6-12-7-5-11)10-13-8-2-3-9-13/h12H,2-10H2,1H3. The van der Waals surface area contributed by atoms with Gasteiger partial charge < -0.3 is 10.2 Å². The highest BCUT2D eigenvalue weighted by Crippen LogP contribution is 2.29. The van der Waals surface area contributed by atoms with E-state index in [0.717, 1.165) is 45.6 Å². The fraction of sp³-hybridized carbons (Fsp3) is 1.00. The Kier molecular flexibility index (Phi) is 3.56. The molecule has 2 saturated heterocycles. The SMILES string of the molecule is CS(=O)(=O)C1(CN2CCCC2)CCNCC1. The lowest BCUT2D eigenvalue weighted by molar-refractivity contribution is 0.255. The Labute approximate surface area is 98.3 Å². The molecular weight excluding hydrogens is 224 g/mol. The minimum atomic E-state index is -2.96. The van der Waals surface area contributed by atoms with Crippen LogP contribution in [-0.4, -0.2) is 57.0 Å². The minimum Gasteiger partial charge on any atom is -0.317 e. The van der Waals surface area contributed by atoms with Gasteiger partial charge in [0.1, 0.15) is 0 Å². The molecule has 16 heavy (non-hydrogen) atoms. The number of hydrogen-bond acceptors (Lipinski definition) is 4. The normalized spacial score (nSPS) is 27.1. The number of hydrogen-bond donors (Lipinski definition) is 1. The lowest BCUT2D eigenvalue weighted by Crippen LogP contribution is -2.53. The number of rotatable bonds is 3. The Morgan fingerprint density at radius 2 is 1.75 bits per heavy atom. The first-order chi connectivity index (χ1) is 7.54. The Hall–Kier alpha value is -0.130. The molecule has 0 atom stereocenters. The fourth-order valence-electron chi connectivity index (χ4n) is 2.88. The van der Waals surface area contributed by atoms with Gasteiger partial charge in [0, 0.05) is 12.8 Å². The zero-order valence-electron chi connectivity index (χ0n) is 10.0. The maximum absolute atomic E-state index is 12.0. The number of sulfone groups is 1. The van der Waals surface area contributed by atoms with E-state index in [1.54, 1.807) is 0 Å². The molecule has 0 saturated carbocycles. The van der Waals surface area contributed by atoms with Gasteiger partial charge in [-0.05, 0) is 51.9 Å². The van der Waals surface area contributed by atoms with Crippen LogP contribution in [0.5, 0.6) is 0 Å². The van der Waals surface area contributed by atoms with Crippen molar-refractivity contribution in [3.05, 3.63) is 0 Å². The van der Waals surface area contributed by atoms with Crippen molar-refractivity contribution in [1.29, 1.82) is 0 Å². The molecule has 4 nitrogen and oxygen atoms in total. The van der Waals surface area contributed by atoms with E-state index >= 15 is 0 Å². The first-order valence-electron chi connectivity index (χ1n) is 6.16. The first kappa shape index (κ1) is 12.3. The van der Waals surface area contributed by atoms with E-state index in [1.165, 1.54) is 19.1 Å². The third-order valence-electron chi connectivity index (χ3n) is 4.01. The first-order valence-corrected chi connectivity index (χ1v) is 8.05. The maximum atomic E-state index is 12.0. The fourth-order valence-corrected chi connectivity index (χ4v) is 4.24. The van der Waals surface area contributed by atoms with Crippen LogP contribution in [0.25, 0.3) is 0 Å². The molecule has 0 spiro atoms. The number of likely N-dealkylation sites (tertiary alicyclic amines) is 1. The van der Waals surface area contributed by atoms with Gasteiger partial charge >= 0.3 is 0 Å². The largest absolute Gasteiger partial charge is 0.317 e. The van der Waals surface area contributed by atoms with Crippen LogP contribution in [0.1, 0.15) is 25.7 Å². The van der Waals surface area contributed by atoms with Crippen molar-refractivity contribution in [2.45, 2.75) is 30.4 Å². The van der Waals surface area contributed by atoms with E-state index in [1.807, 2.05) is 0 Å². The van der Waals surface area contributed by atoms with E-state index in [4.69, 9.17) is 0 Å². The lowest BCUT2D eigenvalue weighted by atomic mass is 9.96. The van der Waals surface area contributed by atoms with Crippen molar-refractivity contribution in [3.63, 3.8) is 0 Å². The molecule has 0 aromatic rings. The molecule has 1 N–H and O–H groups in total. The summed E-state index contributed by atoms with van der Waals surface area (Å²) in [5, 5.41) is 3.25. The number of piperidine rings is 1. The molecule has 0 radical (unpaired) electrons. The topological polar surface area (TPSA) is 49.4 Å². The zero-order chi connectivity index (χ0) is 11.6. The van der Waals surface area contributed by atoms with Crippen LogP contribution in [0, 0.1) is 0 Å². The second-order valence-corrected chi connectivity index (χ2v) is 7.60. The molecule has 0 aromatic heterocycles. The molecule has 0 aliphatic carbocycles. The van der Waals surface area contributed by atoms with Crippen LogP contribution in [0.3, 0.4) is 0 Å². The van der Waals surface area contributed by atoms with Gasteiger partial charge in [-0.15, -0.1) is 0 Å². The molecule has 5 heteroatoms. The van der Waals surface area contributed by atoms with Crippen molar-refractivity contribution in [2.24, 2.45) is 0 Å². The van der Waals surface area contributed by atoms with Gasteiger partial charge in [0.15, 0.2) is 9.84 Å². The Balaban J connectivity index is 2.13. The van der Waals surface area contributed by atoms with Gasteiger partial charge in [0.25, 0.3) is 0 Å². The minimum absolute atomic E-state index is 0.484. The van der Waals surface area contributed by atoms with Crippen LogP contribution in [0.15, 0.2) is 0 Å². The predicted octanol–water partition coefficient (Wildman–Crippen LogP) is 0.249. The summed E-state index contributed by atoms with van der Waals surface area (Å²) in [5.74, 6) is 0. The van der Waals surface area contributed by atoms with Crippen molar-refractivity contribution in [2.75, 3.05) is 39.0 Å². The van der Waals surface area contributed by atoms with Gasteiger partial charge in [-0.3, -0.25) is 0 Å².